The number of anilines is 2. The number of carbonyl (C=O) groups is 2. The Balaban J connectivity index is 1.85. The Morgan fingerprint density at radius 3 is 2.41 bits per heavy atom. The zero-order chi connectivity index (χ0) is 15.7. The number of nitrogens with zero attached hydrogens (tertiary/aromatic N) is 2. The van der Waals surface area contributed by atoms with Crippen LogP contribution in [0.25, 0.3) is 0 Å². The average Bonchev–Trinajstić information content (AvgIpc) is 2.90. The van der Waals surface area contributed by atoms with E-state index in [9.17, 15) is 9.59 Å². The number of benzene rings is 1. The molecule has 5 heteroatoms. The van der Waals surface area contributed by atoms with Crippen LogP contribution in [0.5, 0.6) is 0 Å². The van der Waals surface area contributed by atoms with Gasteiger partial charge in [0.1, 0.15) is 0 Å². The number of piperidine rings is 1. The summed E-state index contributed by atoms with van der Waals surface area (Å²) in [6.45, 7) is 4.71. The lowest BCUT2D eigenvalue weighted by Gasteiger charge is -2.34. The van der Waals surface area contributed by atoms with Crippen molar-refractivity contribution in [2.24, 2.45) is 17.6 Å². The molecule has 118 valence electrons. The highest BCUT2D eigenvalue weighted by Gasteiger charge is 2.35. The number of hydrogen-bond donors (Lipinski definition) is 1. The normalized spacial score (nSPS) is 23.1. The van der Waals surface area contributed by atoms with Gasteiger partial charge in [-0.15, -0.1) is 0 Å². The standard InChI is InChI=1S/C17H23N3O2/c1-12-6-8-19(9-7-12)14-4-2-3-5-15(14)20-11-13(17(18)22)10-16(20)21/h2-5,12-13H,6-11H2,1H3,(H2,18,22)/t13-/m1/s1. The summed E-state index contributed by atoms with van der Waals surface area (Å²) in [5.74, 6) is -0.0141. The summed E-state index contributed by atoms with van der Waals surface area (Å²) >= 11 is 0. The third-order valence-corrected chi connectivity index (χ3v) is 4.82. The Labute approximate surface area is 131 Å². The van der Waals surface area contributed by atoms with E-state index in [1.54, 1.807) is 4.90 Å². The van der Waals surface area contributed by atoms with Crippen LogP contribution in [0.1, 0.15) is 26.2 Å². The zero-order valence-electron chi connectivity index (χ0n) is 13.0. The van der Waals surface area contributed by atoms with Crippen LogP contribution in [0, 0.1) is 11.8 Å². The van der Waals surface area contributed by atoms with Gasteiger partial charge in [-0.25, -0.2) is 0 Å². The number of rotatable bonds is 3. The van der Waals surface area contributed by atoms with Gasteiger partial charge in [0.25, 0.3) is 0 Å². The molecule has 0 unspecified atom stereocenters. The molecule has 2 aliphatic rings. The van der Waals surface area contributed by atoms with E-state index in [-0.39, 0.29) is 24.2 Å². The maximum absolute atomic E-state index is 12.3. The number of carbonyl (C=O) groups excluding carboxylic acids is 2. The van der Waals surface area contributed by atoms with E-state index >= 15 is 0 Å². The molecular weight excluding hydrogens is 278 g/mol. The van der Waals surface area contributed by atoms with Crippen LogP contribution >= 0.6 is 0 Å². The highest BCUT2D eigenvalue weighted by molar-refractivity contribution is 6.02. The van der Waals surface area contributed by atoms with E-state index in [4.69, 9.17) is 5.73 Å². The third-order valence-electron chi connectivity index (χ3n) is 4.82. The Morgan fingerprint density at radius 1 is 1.18 bits per heavy atom. The molecule has 0 aromatic heterocycles. The lowest BCUT2D eigenvalue weighted by atomic mass is 9.98. The van der Waals surface area contributed by atoms with Crippen molar-refractivity contribution in [2.45, 2.75) is 26.2 Å². The van der Waals surface area contributed by atoms with E-state index in [2.05, 4.69) is 17.9 Å². The van der Waals surface area contributed by atoms with Crippen molar-refractivity contribution in [3.05, 3.63) is 24.3 Å². The van der Waals surface area contributed by atoms with Crippen molar-refractivity contribution in [1.82, 2.24) is 0 Å². The molecule has 3 rings (SSSR count). The fourth-order valence-corrected chi connectivity index (χ4v) is 3.34. The molecule has 1 atom stereocenters. The highest BCUT2D eigenvalue weighted by atomic mass is 16.2. The van der Waals surface area contributed by atoms with E-state index in [1.165, 1.54) is 12.8 Å². The van der Waals surface area contributed by atoms with Crippen molar-refractivity contribution in [3.63, 3.8) is 0 Å². The summed E-state index contributed by atoms with van der Waals surface area (Å²) in [6.07, 6.45) is 2.57. The quantitative estimate of drug-likeness (QED) is 0.925. The number of nitrogens with two attached hydrogens (primary N) is 1. The van der Waals surface area contributed by atoms with Gasteiger partial charge in [-0.3, -0.25) is 9.59 Å². The number of hydrogen-bond acceptors (Lipinski definition) is 3. The number of primary amides is 1. The predicted molar refractivity (Wildman–Crippen MR) is 86.7 cm³/mol. The summed E-state index contributed by atoms with van der Waals surface area (Å²) < 4.78 is 0. The van der Waals surface area contributed by atoms with E-state index in [0.29, 0.717) is 6.54 Å². The first-order valence-electron chi connectivity index (χ1n) is 8.00. The van der Waals surface area contributed by atoms with Crippen LogP contribution in [0.15, 0.2) is 24.3 Å². The Bertz CT molecular complexity index is 579. The van der Waals surface area contributed by atoms with Gasteiger partial charge >= 0.3 is 0 Å². The van der Waals surface area contributed by atoms with Gasteiger partial charge in [-0.2, -0.15) is 0 Å². The van der Waals surface area contributed by atoms with Crippen LogP contribution in [-0.4, -0.2) is 31.4 Å². The van der Waals surface area contributed by atoms with E-state index in [1.807, 2.05) is 18.2 Å². The molecule has 2 heterocycles. The summed E-state index contributed by atoms with van der Waals surface area (Å²) in [7, 11) is 0. The molecule has 0 radical (unpaired) electrons. The minimum atomic E-state index is -0.389. The van der Waals surface area contributed by atoms with Gasteiger partial charge in [-0.1, -0.05) is 19.1 Å². The minimum Gasteiger partial charge on any atom is -0.370 e. The fraction of sp³-hybridized carbons (Fsp3) is 0.529. The zero-order valence-corrected chi connectivity index (χ0v) is 13.0. The fourth-order valence-electron chi connectivity index (χ4n) is 3.34. The molecule has 2 amide bonds. The van der Waals surface area contributed by atoms with Crippen LogP contribution in [-0.2, 0) is 9.59 Å². The second-order valence-electron chi connectivity index (χ2n) is 6.47. The second-order valence-corrected chi connectivity index (χ2v) is 6.47. The molecule has 22 heavy (non-hydrogen) atoms. The van der Waals surface area contributed by atoms with Gasteiger partial charge in [0, 0.05) is 26.1 Å². The predicted octanol–water partition coefficient (Wildman–Crippen LogP) is 1.76. The first-order valence-corrected chi connectivity index (χ1v) is 8.00. The summed E-state index contributed by atoms with van der Waals surface area (Å²) in [6, 6.07) is 7.98. The first kappa shape index (κ1) is 14.9. The molecule has 0 spiro atoms. The number of para-hydroxylation sites is 2. The molecule has 2 saturated heterocycles. The van der Waals surface area contributed by atoms with Crippen molar-refractivity contribution < 1.29 is 9.59 Å². The molecule has 2 aliphatic heterocycles. The van der Waals surface area contributed by atoms with Gasteiger partial charge in [-0.05, 0) is 30.9 Å². The Kier molecular flexibility index (Phi) is 4.05. The smallest absolute Gasteiger partial charge is 0.227 e. The van der Waals surface area contributed by atoms with Crippen molar-refractivity contribution in [3.8, 4) is 0 Å². The topological polar surface area (TPSA) is 66.6 Å². The molecule has 2 fully saturated rings. The maximum atomic E-state index is 12.3. The first-order chi connectivity index (χ1) is 10.6. The minimum absolute atomic E-state index is 0.0124. The Hall–Kier alpha value is -2.04. The van der Waals surface area contributed by atoms with Gasteiger partial charge in [0.05, 0.1) is 17.3 Å². The summed E-state index contributed by atoms with van der Waals surface area (Å²) in [5, 5.41) is 0. The van der Waals surface area contributed by atoms with Gasteiger partial charge in [0.15, 0.2) is 0 Å². The van der Waals surface area contributed by atoms with Crippen molar-refractivity contribution >= 4 is 23.2 Å². The van der Waals surface area contributed by atoms with Crippen molar-refractivity contribution in [2.75, 3.05) is 29.4 Å². The van der Waals surface area contributed by atoms with E-state index in [0.717, 1.165) is 30.4 Å². The van der Waals surface area contributed by atoms with Gasteiger partial charge in [0.2, 0.25) is 11.8 Å². The maximum Gasteiger partial charge on any atom is 0.227 e. The van der Waals surface area contributed by atoms with Crippen LogP contribution < -0.4 is 15.5 Å². The van der Waals surface area contributed by atoms with Crippen LogP contribution in [0.3, 0.4) is 0 Å². The summed E-state index contributed by atoms with van der Waals surface area (Å²) in [5.41, 5.74) is 7.37. The second kappa shape index (κ2) is 5.99. The molecule has 2 N–H and O–H groups in total. The van der Waals surface area contributed by atoms with Crippen molar-refractivity contribution in [1.29, 1.82) is 0 Å². The average molecular weight is 301 g/mol. The SMILES string of the molecule is CC1CCN(c2ccccc2N2C[C@H](C(N)=O)CC2=O)CC1. The largest absolute Gasteiger partial charge is 0.370 e. The molecule has 0 saturated carbocycles. The van der Waals surface area contributed by atoms with Crippen LogP contribution in [0.4, 0.5) is 11.4 Å². The lowest BCUT2D eigenvalue weighted by Crippen LogP contribution is -2.35. The summed E-state index contributed by atoms with van der Waals surface area (Å²) in [4.78, 5) is 27.7. The Morgan fingerprint density at radius 2 is 1.82 bits per heavy atom. The lowest BCUT2D eigenvalue weighted by molar-refractivity contribution is -0.123. The van der Waals surface area contributed by atoms with Crippen LogP contribution in [0.2, 0.25) is 0 Å². The third kappa shape index (κ3) is 2.80. The van der Waals surface area contributed by atoms with E-state index < -0.39 is 0 Å². The highest BCUT2D eigenvalue weighted by Crippen LogP contribution is 2.35. The van der Waals surface area contributed by atoms with Gasteiger partial charge < -0.3 is 15.5 Å². The molecular formula is C17H23N3O2. The monoisotopic (exact) mass is 301 g/mol. The molecule has 1 aromatic rings. The molecule has 0 bridgehead atoms. The molecule has 5 nitrogen and oxygen atoms in total. The molecule has 1 aromatic carbocycles. The molecule has 0 aliphatic carbocycles. The number of amides is 2.